The van der Waals surface area contributed by atoms with Crippen molar-refractivity contribution in [2.24, 2.45) is 0 Å². The highest BCUT2D eigenvalue weighted by Gasteiger charge is 2.00. The first-order chi connectivity index (χ1) is 8.17. The molecule has 0 aromatic heterocycles. The first kappa shape index (κ1) is 13.3. The van der Waals surface area contributed by atoms with Crippen LogP contribution in [0.4, 0.5) is 0 Å². The Hall–Kier alpha value is -1.74. The number of carbonyl (C=O) groups excluding carboxylic acids is 1. The van der Waals surface area contributed by atoms with E-state index in [2.05, 4.69) is 0 Å². The van der Waals surface area contributed by atoms with E-state index < -0.39 is 5.24 Å². The minimum Gasteiger partial charge on any atom is -0.497 e. The summed E-state index contributed by atoms with van der Waals surface area (Å²) in [6.07, 6.45) is 6.34. The van der Waals surface area contributed by atoms with Gasteiger partial charge in [-0.2, -0.15) is 0 Å². The molecule has 0 saturated carbocycles. The van der Waals surface area contributed by atoms with Gasteiger partial charge in [0.15, 0.2) is 0 Å². The third-order valence-electron chi connectivity index (χ3n) is 2.05. The van der Waals surface area contributed by atoms with Crippen LogP contribution < -0.4 is 9.47 Å². The maximum atomic E-state index is 10.5. The van der Waals surface area contributed by atoms with Crippen molar-refractivity contribution in [3.8, 4) is 11.5 Å². The summed E-state index contributed by atoms with van der Waals surface area (Å²) in [5.74, 6) is 1.47. The normalized spacial score (nSPS) is 11.0. The van der Waals surface area contributed by atoms with Crippen LogP contribution >= 0.6 is 11.6 Å². The zero-order chi connectivity index (χ0) is 12.7. The predicted molar refractivity (Wildman–Crippen MR) is 68.6 cm³/mol. The molecule has 0 aliphatic carbocycles. The monoisotopic (exact) mass is 252 g/mol. The van der Waals surface area contributed by atoms with Crippen LogP contribution in [0.5, 0.6) is 11.5 Å². The number of halogens is 1. The molecule has 0 heterocycles. The zero-order valence-corrected chi connectivity index (χ0v) is 10.4. The van der Waals surface area contributed by atoms with Crippen LogP contribution in [0.15, 0.2) is 36.4 Å². The van der Waals surface area contributed by atoms with E-state index in [9.17, 15) is 4.79 Å². The maximum absolute atomic E-state index is 10.5. The summed E-state index contributed by atoms with van der Waals surface area (Å²) in [6, 6.07) is 5.47. The van der Waals surface area contributed by atoms with Gasteiger partial charge in [0.25, 0.3) is 0 Å². The molecule has 1 rings (SSSR count). The van der Waals surface area contributed by atoms with Crippen molar-refractivity contribution in [2.75, 3.05) is 14.2 Å². The van der Waals surface area contributed by atoms with Gasteiger partial charge in [-0.15, -0.1) is 0 Å². The van der Waals surface area contributed by atoms with Gasteiger partial charge in [-0.1, -0.05) is 18.2 Å². The molecule has 0 aliphatic heterocycles. The number of hydrogen-bond donors (Lipinski definition) is 0. The molecule has 4 heteroatoms. The highest BCUT2D eigenvalue weighted by molar-refractivity contribution is 6.66. The van der Waals surface area contributed by atoms with Gasteiger partial charge in [0, 0.05) is 5.56 Å². The van der Waals surface area contributed by atoms with Crippen LogP contribution in [-0.4, -0.2) is 19.5 Å². The second-order valence-electron chi connectivity index (χ2n) is 3.13. The van der Waals surface area contributed by atoms with E-state index >= 15 is 0 Å². The van der Waals surface area contributed by atoms with E-state index in [1.165, 1.54) is 6.08 Å². The zero-order valence-electron chi connectivity index (χ0n) is 9.64. The van der Waals surface area contributed by atoms with Crippen molar-refractivity contribution < 1.29 is 14.3 Å². The highest BCUT2D eigenvalue weighted by Crippen LogP contribution is 2.24. The average Bonchev–Trinajstić information content (AvgIpc) is 2.34. The Bertz CT molecular complexity index is 450. The molecule has 0 bridgehead atoms. The Morgan fingerprint density at radius 3 is 2.59 bits per heavy atom. The Morgan fingerprint density at radius 1 is 1.24 bits per heavy atom. The number of hydrogen-bond acceptors (Lipinski definition) is 3. The van der Waals surface area contributed by atoms with Gasteiger partial charge >= 0.3 is 0 Å². The molecule has 0 aliphatic rings. The van der Waals surface area contributed by atoms with Gasteiger partial charge in [-0.05, 0) is 35.9 Å². The molecule has 17 heavy (non-hydrogen) atoms. The number of ether oxygens (including phenoxy) is 2. The van der Waals surface area contributed by atoms with Crippen LogP contribution in [-0.2, 0) is 4.79 Å². The Balaban J connectivity index is 2.91. The molecule has 0 unspecified atom stereocenters. The third-order valence-corrected chi connectivity index (χ3v) is 2.18. The number of methoxy groups -OCH3 is 2. The Labute approximate surface area is 105 Å². The molecule has 0 spiro atoms. The van der Waals surface area contributed by atoms with Crippen LogP contribution in [0, 0.1) is 0 Å². The Kier molecular flexibility index (Phi) is 5.30. The summed E-state index contributed by atoms with van der Waals surface area (Å²) in [6.45, 7) is 0. The number of carbonyl (C=O) groups is 1. The van der Waals surface area contributed by atoms with E-state index in [-0.39, 0.29) is 0 Å². The highest BCUT2D eigenvalue weighted by atomic mass is 35.5. The van der Waals surface area contributed by atoms with Crippen molar-refractivity contribution in [1.82, 2.24) is 0 Å². The molecule has 1 aromatic rings. The summed E-state index contributed by atoms with van der Waals surface area (Å²) in [5.41, 5.74) is 0.860. The lowest BCUT2D eigenvalue weighted by atomic mass is 10.1. The first-order valence-corrected chi connectivity index (χ1v) is 5.31. The topological polar surface area (TPSA) is 35.5 Å². The van der Waals surface area contributed by atoms with E-state index in [4.69, 9.17) is 21.1 Å². The van der Waals surface area contributed by atoms with Crippen molar-refractivity contribution in [1.29, 1.82) is 0 Å². The van der Waals surface area contributed by atoms with Crippen LogP contribution in [0.2, 0.25) is 0 Å². The minimum absolute atomic E-state index is 0.507. The van der Waals surface area contributed by atoms with Gasteiger partial charge < -0.3 is 9.47 Å². The van der Waals surface area contributed by atoms with Crippen molar-refractivity contribution in [2.45, 2.75) is 0 Å². The number of benzene rings is 1. The van der Waals surface area contributed by atoms with Crippen LogP contribution in [0.3, 0.4) is 0 Å². The standard InChI is InChI=1S/C13H13ClO3/c1-16-11-7-8-12(17-2)10(9-11)5-3-4-6-13(14)15/h3-9H,1-2H3/b5-3+,6-4+. The van der Waals surface area contributed by atoms with Gasteiger partial charge in [0.05, 0.1) is 14.2 Å². The smallest absolute Gasteiger partial charge is 0.245 e. The summed E-state index contributed by atoms with van der Waals surface area (Å²) in [4.78, 5) is 10.5. The lowest BCUT2D eigenvalue weighted by Gasteiger charge is -2.06. The second kappa shape index (κ2) is 6.76. The molecule has 0 amide bonds. The Morgan fingerprint density at radius 2 is 2.00 bits per heavy atom. The third kappa shape index (κ3) is 4.33. The fourth-order valence-electron chi connectivity index (χ4n) is 1.26. The maximum Gasteiger partial charge on any atom is 0.245 e. The van der Waals surface area contributed by atoms with Gasteiger partial charge in [-0.3, -0.25) is 4.79 Å². The minimum atomic E-state index is -0.507. The molecule has 0 saturated heterocycles. The number of rotatable bonds is 5. The first-order valence-electron chi connectivity index (χ1n) is 4.93. The molecule has 0 N–H and O–H groups in total. The van der Waals surface area contributed by atoms with Crippen molar-refractivity contribution in [3.63, 3.8) is 0 Å². The molecule has 0 atom stereocenters. The van der Waals surface area contributed by atoms with Crippen molar-refractivity contribution in [3.05, 3.63) is 42.0 Å². The van der Waals surface area contributed by atoms with Gasteiger partial charge in [0.2, 0.25) is 5.24 Å². The fourth-order valence-corrected chi connectivity index (χ4v) is 1.33. The second-order valence-corrected chi connectivity index (χ2v) is 3.50. The van der Waals surface area contributed by atoms with Crippen LogP contribution in [0.25, 0.3) is 6.08 Å². The molecule has 1 aromatic carbocycles. The van der Waals surface area contributed by atoms with Crippen LogP contribution in [0.1, 0.15) is 5.56 Å². The van der Waals surface area contributed by atoms with Gasteiger partial charge in [0.1, 0.15) is 11.5 Å². The summed E-state index contributed by atoms with van der Waals surface area (Å²) < 4.78 is 10.3. The molecule has 0 radical (unpaired) electrons. The van der Waals surface area contributed by atoms with Gasteiger partial charge in [-0.25, -0.2) is 0 Å². The molecule has 3 nitrogen and oxygen atoms in total. The van der Waals surface area contributed by atoms with E-state index in [1.54, 1.807) is 32.4 Å². The summed E-state index contributed by atoms with van der Waals surface area (Å²) >= 11 is 5.16. The number of allylic oxidation sites excluding steroid dienone is 3. The van der Waals surface area contributed by atoms with E-state index in [1.807, 2.05) is 18.2 Å². The molecule has 90 valence electrons. The molecular weight excluding hydrogens is 240 g/mol. The largest absolute Gasteiger partial charge is 0.497 e. The SMILES string of the molecule is COc1ccc(OC)c(/C=C/C=C/C(=O)Cl)c1. The fraction of sp³-hybridized carbons (Fsp3) is 0.154. The predicted octanol–water partition coefficient (Wildman–Crippen LogP) is 3.04. The lowest BCUT2D eigenvalue weighted by Crippen LogP contribution is -1.89. The molecule has 0 fully saturated rings. The quantitative estimate of drug-likeness (QED) is 0.459. The van der Waals surface area contributed by atoms with E-state index in [0.29, 0.717) is 0 Å². The lowest BCUT2D eigenvalue weighted by molar-refractivity contribution is -0.107. The summed E-state index contributed by atoms with van der Waals surface area (Å²) in [5, 5.41) is -0.507. The summed E-state index contributed by atoms with van der Waals surface area (Å²) in [7, 11) is 3.19. The molecular formula is C13H13ClO3. The van der Waals surface area contributed by atoms with E-state index in [0.717, 1.165) is 17.1 Å². The van der Waals surface area contributed by atoms with Crippen molar-refractivity contribution >= 4 is 22.9 Å². The average molecular weight is 253 g/mol.